The second kappa shape index (κ2) is 5.77. The van der Waals surface area contributed by atoms with Gasteiger partial charge in [-0.3, -0.25) is 4.79 Å². The van der Waals surface area contributed by atoms with Crippen LogP contribution in [-0.4, -0.2) is 24.3 Å². The average molecular weight is 273 g/mol. The van der Waals surface area contributed by atoms with Crippen LogP contribution >= 0.6 is 0 Å². The molecule has 0 atom stereocenters. The van der Waals surface area contributed by atoms with Gasteiger partial charge >= 0.3 is 0 Å². The van der Waals surface area contributed by atoms with Gasteiger partial charge in [0.05, 0.1) is 12.7 Å². The summed E-state index contributed by atoms with van der Waals surface area (Å²) >= 11 is 0. The van der Waals surface area contributed by atoms with E-state index < -0.39 is 0 Å². The van der Waals surface area contributed by atoms with Gasteiger partial charge < -0.3 is 14.5 Å². The number of para-hydroxylation sites is 1. The summed E-state index contributed by atoms with van der Waals surface area (Å²) in [6.45, 7) is 3.83. The molecule has 0 amide bonds. The Labute approximate surface area is 117 Å². The number of rotatable bonds is 3. The average Bonchev–Trinajstić information content (AvgIpc) is 2.50. The van der Waals surface area contributed by atoms with Crippen LogP contribution < -0.4 is 5.43 Å². The molecule has 1 aliphatic rings. The Morgan fingerprint density at radius 2 is 2.05 bits per heavy atom. The van der Waals surface area contributed by atoms with E-state index in [1.54, 1.807) is 0 Å². The summed E-state index contributed by atoms with van der Waals surface area (Å²) in [6, 6.07) is 7.59. The first-order valence-electron chi connectivity index (χ1n) is 7.05. The lowest BCUT2D eigenvalue weighted by atomic mass is 10.1. The molecule has 1 aromatic heterocycles. The topological polar surface area (TPSA) is 51.3 Å². The molecule has 0 bridgehead atoms. The predicted molar refractivity (Wildman–Crippen MR) is 77.9 cm³/mol. The Kier molecular flexibility index (Phi) is 3.85. The number of aromatic nitrogens is 1. The fourth-order valence-corrected chi connectivity index (χ4v) is 2.57. The van der Waals surface area contributed by atoms with Crippen molar-refractivity contribution in [3.63, 3.8) is 0 Å². The predicted octanol–water partition coefficient (Wildman–Crippen LogP) is 2.53. The number of nitrogens with one attached hydrogen (secondary N) is 1. The molecule has 1 fully saturated rings. The summed E-state index contributed by atoms with van der Waals surface area (Å²) in [7, 11) is 0. The monoisotopic (exact) mass is 273 g/mol. The Morgan fingerprint density at radius 3 is 2.85 bits per heavy atom. The van der Waals surface area contributed by atoms with Crippen molar-refractivity contribution in [2.75, 3.05) is 13.2 Å². The van der Waals surface area contributed by atoms with Crippen molar-refractivity contribution in [2.45, 2.75) is 32.5 Å². The van der Waals surface area contributed by atoms with E-state index >= 15 is 0 Å². The Balaban J connectivity index is 1.84. The van der Waals surface area contributed by atoms with E-state index in [9.17, 15) is 4.79 Å². The van der Waals surface area contributed by atoms with E-state index in [0.29, 0.717) is 6.61 Å². The minimum Gasteiger partial charge on any atom is -0.381 e. The molecule has 106 valence electrons. The smallest absolute Gasteiger partial charge is 0.192 e. The molecule has 1 aromatic carbocycles. The number of H-pyrrole nitrogens is 1. The quantitative estimate of drug-likeness (QED) is 0.935. The van der Waals surface area contributed by atoms with Crippen molar-refractivity contribution in [2.24, 2.45) is 0 Å². The van der Waals surface area contributed by atoms with Crippen molar-refractivity contribution in [3.05, 3.63) is 45.7 Å². The highest BCUT2D eigenvalue weighted by Crippen LogP contribution is 2.15. The molecule has 4 heteroatoms. The van der Waals surface area contributed by atoms with Gasteiger partial charge in [-0.15, -0.1) is 0 Å². The van der Waals surface area contributed by atoms with Gasteiger partial charge in [-0.25, -0.2) is 0 Å². The summed E-state index contributed by atoms with van der Waals surface area (Å²) in [4.78, 5) is 15.6. The third-order valence-corrected chi connectivity index (χ3v) is 3.88. The molecule has 0 radical (unpaired) electrons. The second-order valence-corrected chi connectivity index (χ2v) is 5.23. The minimum atomic E-state index is 0.0879. The van der Waals surface area contributed by atoms with E-state index in [4.69, 9.17) is 9.47 Å². The molecule has 1 saturated heterocycles. The van der Waals surface area contributed by atoms with Crippen molar-refractivity contribution in [1.82, 2.24) is 4.98 Å². The van der Waals surface area contributed by atoms with Gasteiger partial charge in [0.15, 0.2) is 5.43 Å². The van der Waals surface area contributed by atoms with Crippen LogP contribution in [0.4, 0.5) is 0 Å². The standard InChI is InChI=1S/C16H19NO3/c1-11-15(10-20-12-6-8-19-9-7-12)17-14-5-3-2-4-13(14)16(11)18/h2-5,12H,6-10H2,1H3,(H,17,18). The van der Waals surface area contributed by atoms with Crippen molar-refractivity contribution < 1.29 is 9.47 Å². The second-order valence-electron chi connectivity index (χ2n) is 5.23. The van der Waals surface area contributed by atoms with Crippen LogP contribution in [0, 0.1) is 6.92 Å². The number of aromatic amines is 1. The molecule has 0 saturated carbocycles. The number of pyridine rings is 1. The number of ether oxygens (including phenoxy) is 2. The largest absolute Gasteiger partial charge is 0.381 e. The Hall–Kier alpha value is -1.65. The molecule has 20 heavy (non-hydrogen) atoms. The van der Waals surface area contributed by atoms with Crippen LogP contribution in [0.3, 0.4) is 0 Å². The molecular formula is C16H19NO3. The van der Waals surface area contributed by atoms with Gasteiger partial charge in [0.2, 0.25) is 0 Å². The molecular weight excluding hydrogens is 254 g/mol. The molecule has 0 aliphatic carbocycles. The Morgan fingerprint density at radius 1 is 1.30 bits per heavy atom. The fraction of sp³-hybridized carbons (Fsp3) is 0.438. The maximum absolute atomic E-state index is 12.3. The van der Waals surface area contributed by atoms with E-state index in [2.05, 4.69) is 4.98 Å². The van der Waals surface area contributed by atoms with Crippen LogP contribution in [0.15, 0.2) is 29.1 Å². The maximum atomic E-state index is 12.3. The van der Waals surface area contributed by atoms with Gasteiger partial charge in [-0.1, -0.05) is 12.1 Å². The number of hydrogen-bond donors (Lipinski definition) is 1. The van der Waals surface area contributed by atoms with E-state index in [1.807, 2.05) is 31.2 Å². The number of hydrogen-bond acceptors (Lipinski definition) is 3. The number of benzene rings is 1. The molecule has 1 N–H and O–H groups in total. The summed E-state index contributed by atoms with van der Waals surface area (Å²) in [5, 5.41) is 0.736. The highest BCUT2D eigenvalue weighted by Gasteiger charge is 2.15. The third kappa shape index (κ3) is 2.62. The molecule has 2 heterocycles. The minimum absolute atomic E-state index is 0.0879. The lowest BCUT2D eigenvalue weighted by Crippen LogP contribution is -2.24. The summed E-state index contributed by atoms with van der Waals surface area (Å²) < 4.78 is 11.2. The zero-order chi connectivity index (χ0) is 13.9. The zero-order valence-electron chi connectivity index (χ0n) is 11.6. The summed E-state index contributed by atoms with van der Waals surface area (Å²) in [6.07, 6.45) is 2.09. The molecule has 4 nitrogen and oxygen atoms in total. The molecule has 0 unspecified atom stereocenters. The van der Waals surface area contributed by atoms with Crippen molar-refractivity contribution in [3.8, 4) is 0 Å². The normalized spacial score (nSPS) is 16.6. The van der Waals surface area contributed by atoms with Crippen LogP contribution in [0.5, 0.6) is 0 Å². The van der Waals surface area contributed by atoms with E-state index in [1.165, 1.54) is 0 Å². The zero-order valence-corrected chi connectivity index (χ0v) is 11.6. The highest BCUT2D eigenvalue weighted by atomic mass is 16.5. The van der Waals surface area contributed by atoms with Crippen LogP contribution in [0.2, 0.25) is 0 Å². The first-order chi connectivity index (χ1) is 9.75. The van der Waals surface area contributed by atoms with Crippen LogP contribution in [0.1, 0.15) is 24.1 Å². The summed E-state index contributed by atoms with van der Waals surface area (Å²) in [5.74, 6) is 0. The van der Waals surface area contributed by atoms with Gasteiger partial charge in [0, 0.05) is 35.4 Å². The van der Waals surface area contributed by atoms with Crippen LogP contribution in [0.25, 0.3) is 10.9 Å². The summed E-state index contributed by atoms with van der Waals surface area (Å²) in [5.41, 5.74) is 2.58. The molecule has 0 spiro atoms. The van der Waals surface area contributed by atoms with Gasteiger partial charge in [-0.05, 0) is 31.9 Å². The molecule has 2 aromatic rings. The van der Waals surface area contributed by atoms with Crippen molar-refractivity contribution in [1.29, 1.82) is 0 Å². The number of fused-ring (bicyclic) bond motifs is 1. The first-order valence-corrected chi connectivity index (χ1v) is 7.05. The SMILES string of the molecule is Cc1c(COC2CCOCC2)[nH]c2ccccc2c1=O. The lowest BCUT2D eigenvalue weighted by Gasteiger charge is -2.22. The highest BCUT2D eigenvalue weighted by molar-refractivity contribution is 5.79. The first kappa shape index (κ1) is 13.3. The Bertz CT molecular complexity index is 656. The van der Waals surface area contributed by atoms with Crippen LogP contribution in [-0.2, 0) is 16.1 Å². The van der Waals surface area contributed by atoms with Crippen molar-refractivity contribution >= 4 is 10.9 Å². The van der Waals surface area contributed by atoms with Gasteiger partial charge in [0.1, 0.15) is 0 Å². The molecule has 1 aliphatic heterocycles. The van der Waals surface area contributed by atoms with Gasteiger partial charge in [0.25, 0.3) is 0 Å². The molecule has 3 rings (SSSR count). The maximum Gasteiger partial charge on any atom is 0.192 e. The fourth-order valence-electron chi connectivity index (χ4n) is 2.57. The lowest BCUT2D eigenvalue weighted by molar-refractivity contribution is -0.0400. The van der Waals surface area contributed by atoms with Gasteiger partial charge in [-0.2, -0.15) is 0 Å². The van der Waals surface area contributed by atoms with E-state index in [0.717, 1.165) is 48.2 Å². The van der Waals surface area contributed by atoms with E-state index in [-0.39, 0.29) is 11.5 Å². The third-order valence-electron chi connectivity index (χ3n) is 3.88.